The second kappa shape index (κ2) is 5.26. The Kier molecular flexibility index (Phi) is 3.50. The second-order valence-electron chi connectivity index (χ2n) is 3.67. The fourth-order valence-electron chi connectivity index (χ4n) is 1.59. The summed E-state index contributed by atoms with van der Waals surface area (Å²) in [5, 5.41) is 3.47. The number of hydrogen-bond donors (Lipinski definition) is 0. The lowest BCUT2D eigenvalue weighted by Gasteiger charge is -2.02. The smallest absolute Gasteiger partial charge is 0.142 e. The van der Waals surface area contributed by atoms with Crippen LogP contribution in [-0.4, -0.2) is 9.97 Å². The summed E-state index contributed by atoms with van der Waals surface area (Å²) in [5.74, 6) is 1.52. The molecule has 0 aliphatic carbocycles. The minimum atomic E-state index is 0.546. The molecule has 18 heavy (non-hydrogen) atoms. The fraction of sp³-hybridized carbons (Fsp3) is 0.0769. The Morgan fingerprint density at radius 3 is 2.78 bits per heavy atom. The molecule has 0 unspecified atom stereocenters. The van der Waals surface area contributed by atoms with Crippen LogP contribution in [-0.2, 0) is 5.75 Å². The summed E-state index contributed by atoms with van der Waals surface area (Å²) in [4.78, 5) is 11.0. The Morgan fingerprint density at radius 1 is 1.11 bits per heavy atom. The molecule has 0 N–H and O–H groups in total. The van der Waals surface area contributed by atoms with Gasteiger partial charge in [-0.15, -0.1) is 23.1 Å². The molecule has 2 heterocycles. The first-order valence-corrected chi connectivity index (χ1v) is 7.65. The highest BCUT2D eigenvalue weighted by Gasteiger charge is 2.07. The van der Waals surface area contributed by atoms with Crippen LogP contribution in [0.5, 0.6) is 0 Å². The van der Waals surface area contributed by atoms with Crippen molar-refractivity contribution in [1.29, 1.82) is 0 Å². The summed E-state index contributed by atoms with van der Waals surface area (Å²) in [6.45, 7) is 0. The van der Waals surface area contributed by atoms with E-state index >= 15 is 0 Å². The van der Waals surface area contributed by atoms with Gasteiger partial charge < -0.3 is 0 Å². The molecule has 0 radical (unpaired) electrons. The third-order valence-electron chi connectivity index (χ3n) is 2.44. The maximum atomic E-state index is 6.13. The predicted molar refractivity (Wildman–Crippen MR) is 78.4 cm³/mol. The summed E-state index contributed by atoms with van der Waals surface area (Å²) in [6.07, 6.45) is 0. The molecule has 3 rings (SSSR count). The average molecular weight is 293 g/mol. The molecule has 5 heteroatoms. The van der Waals surface area contributed by atoms with Crippen molar-refractivity contribution in [3.63, 3.8) is 0 Å². The maximum absolute atomic E-state index is 6.13. The van der Waals surface area contributed by atoms with Gasteiger partial charge in [0, 0.05) is 10.3 Å². The zero-order valence-electron chi connectivity index (χ0n) is 9.34. The van der Waals surface area contributed by atoms with Crippen LogP contribution < -0.4 is 0 Å². The molecule has 1 aromatic carbocycles. The van der Waals surface area contributed by atoms with Gasteiger partial charge in [-0.05, 0) is 23.6 Å². The van der Waals surface area contributed by atoms with E-state index in [-0.39, 0.29) is 0 Å². The first kappa shape index (κ1) is 12.0. The van der Waals surface area contributed by atoms with E-state index in [2.05, 4.69) is 22.1 Å². The molecule has 2 nitrogen and oxygen atoms in total. The molecule has 0 saturated carbocycles. The van der Waals surface area contributed by atoms with Crippen LogP contribution in [0.4, 0.5) is 0 Å². The number of aromatic nitrogens is 2. The van der Waals surface area contributed by atoms with Crippen LogP contribution in [0.25, 0.3) is 10.2 Å². The van der Waals surface area contributed by atoms with E-state index in [4.69, 9.17) is 11.6 Å². The number of thioether (sulfide) groups is 1. The number of hydrogen-bond acceptors (Lipinski definition) is 4. The Bertz CT molecular complexity index is 667. The van der Waals surface area contributed by atoms with Crippen molar-refractivity contribution in [2.45, 2.75) is 10.6 Å². The van der Waals surface area contributed by atoms with E-state index in [1.165, 1.54) is 4.90 Å². The van der Waals surface area contributed by atoms with Gasteiger partial charge in [-0.1, -0.05) is 29.8 Å². The zero-order chi connectivity index (χ0) is 12.4. The first-order chi connectivity index (χ1) is 8.83. The van der Waals surface area contributed by atoms with Crippen molar-refractivity contribution in [2.75, 3.05) is 0 Å². The Labute approximate surface area is 118 Å². The topological polar surface area (TPSA) is 25.8 Å². The highest BCUT2D eigenvalue weighted by atomic mass is 35.5. The lowest BCUT2D eigenvalue weighted by atomic mass is 10.4. The Hall–Kier alpha value is -1.10. The zero-order valence-corrected chi connectivity index (χ0v) is 11.7. The predicted octanol–water partition coefficient (Wildman–Crippen LogP) is 4.64. The fourth-order valence-corrected chi connectivity index (χ4v) is 3.45. The molecule has 0 aliphatic rings. The van der Waals surface area contributed by atoms with Gasteiger partial charge in [0.05, 0.1) is 5.75 Å². The van der Waals surface area contributed by atoms with Crippen molar-refractivity contribution in [3.05, 3.63) is 52.8 Å². The van der Waals surface area contributed by atoms with Gasteiger partial charge in [-0.3, -0.25) is 0 Å². The van der Waals surface area contributed by atoms with Gasteiger partial charge in [-0.25, -0.2) is 9.97 Å². The molecule has 90 valence electrons. The standard InChI is InChI=1S/C13H9ClN2S2/c14-12-10-6-7-17-13(10)16-11(15-12)8-18-9-4-2-1-3-5-9/h1-7H,8H2. The molecular formula is C13H9ClN2S2. The van der Waals surface area contributed by atoms with Gasteiger partial charge in [0.2, 0.25) is 0 Å². The van der Waals surface area contributed by atoms with Crippen molar-refractivity contribution in [3.8, 4) is 0 Å². The van der Waals surface area contributed by atoms with Crippen molar-refractivity contribution >= 4 is 44.9 Å². The van der Waals surface area contributed by atoms with E-state index in [0.717, 1.165) is 21.8 Å². The maximum Gasteiger partial charge on any atom is 0.142 e. The van der Waals surface area contributed by atoms with Gasteiger partial charge in [0.25, 0.3) is 0 Å². The van der Waals surface area contributed by atoms with Crippen molar-refractivity contribution < 1.29 is 0 Å². The lowest BCUT2D eigenvalue weighted by Crippen LogP contribution is -1.92. The number of rotatable bonds is 3. The summed E-state index contributed by atoms with van der Waals surface area (Å²) in [7, 11) is 0. The number of nitrogens with zero attached hydrogens (tertiary/aromatic N) is 2. The van der Waals surface area contributed by atoms with Crippen LogP contribution >= 0.6 is 34.7 Å². The molecule has 0 amide bonds. The van der Waals surface area contributed by atoms with E-state index in [0.29, 0.717) is 5.15 Å². The normalized spacial score (nSPS) is 10.9. The minimum absolute atomic E-state index is 0.546. The van der Waals surface area contributed by atoms with Crippen LogP contribution in [0.3, 0.4) is 0 Å². The molecule has 0 bridgehead atoms. The number of halogens is 1. The molecule has 2 aromatic heterocycles. The average Bonchev–Trinajstić information content (AvgIpc) is 2.86. The first-order valence-electron chi connectivity index (χ1n) is 5.40. The van der Waals surface area contributed by atoms with E-state index in [9.17, 15) is 0 Å². The monoisotopic (exact) mass is 292 g/mol. The number of benzene rings is 1. The summed E-state index contributed by atoms with van der Waals surface area (Å²) in [6, 6.07) is 12.2. The third-order valence-corrected chi connectivity index (χ3v) is 4.54. The van der Waals surface area contributed by atoms with Crippen molar-refractivity contribution in [2.24, 2.45) is 0 Å². The number of thiophene rings is 1. The molecule has 0 fully saturated rings. The van der Waals surface area contributed by atoms with Crippen LogP contribution in [0.1, 0.15) is 5.82 Å². The van der Waals surface area contributed by atoms with E-state index in [1.807, 2.05) is 29.6 Å². The van der Waals surface area contributed by atoms with Crippen LogP contribution in [0, 0.1) is 0 Å². The highest BCUT2D eigenvalue weighted by molar-refractivity contribution is 7.98. The quantitative estimate of drug-likeness (QED) is 0.520. The molecule has 0 saturated heterocycles. The molecular weight excluding hydrogens is 284 g/mol. The summed E-state index contributed by atoms with van der Waals surface area (Å²) in [5.41, 5.74) is 0. The van der Waals surface area contributed by atoms with Crippen molar-refractivity contribution in [1.82, 2.24) is 9.97 Å². The SMILES string of the molecule is Clc1nc(CSc2ccccc2)nc2sccc12. The van der Waals surface area contributed by atoms with E-state index in [1.54, 1.807) is 23.1 Å². The van der Waals surface area contributed by atoms with Gasteiger partial charge in [0.15, 0.2) is 0 Å². The second-order valence-corrected chi connectivity index (χ2v) is 5.97. The van der Waals surface area contributed by atoms with Gasteiger partial charge >= 0.3 is 0 Å². The van der Waals surface area contributed by atoms with Crippen LogP contribution in [0.2, 0.25) is 5.15 Å². The van der Waals surface area contributed by atoms with E-state index < -0.39 is 0 Å². The van der Waals surface area contributed by atoms with Gasteiger partial charge in [0.1, 0.15) is 15.8 Å². The Balaban J connectivity index is 1.82. The molecule has 0 aliphatic heterocycles. The van der Waals surface area contributed by atoms with Crippen LogP contribution in [0.15, 0.2) is 46.7 Å². The van der Waals surface area contributed by atoms with Gasteiger partial charge in [-0.2, -0.15) is 0 Å². The largest absolute Gasteiger partial charge is 0.221 e. The lowest BCUT2D eigenvalue weighted by molar-refractivity contribution is 1.08. The molecule has 0 spiro atoms. The molecule has 0 atom stereocenters. The summed E-state index contributed by atoms with van der Waals surface area (Å²) >= 11 is 9.44. The number of fused-ring (bicyclic) bond motifs is 1. The third kappa shape index (κ3) is 2.51. The summed E-state index contributed by atoms with van der Waals surface area (Å²) < 4.78 is 0. The molecule has 3 aromatic rings. The minimum Gasteiger partial charge on any atom is -0.221 e. The Morgan fingerprint density at radius 2 is 1.94 bits per heavy atom. The highest BCUT2D eigenvalue weighted by Crippen LogP contribution is 2.27.